The van der Waals surface area contributed by atoms with Crippen LogP contribution in [0.3, 0.4) is 0 Å². The van der Waals surface area contributed by atoms with E-state index in [9.17, 15) is 15.2 Å². The van der Waals surface area contributed by atoms with E-state index in [1.54, 1.807) is 0 Å². The molecule has 0 fully saturated rings. The summed E-state index contributed by atoms with van der Waals surface area (Å²) in [5.74, 6) is -0.216. The third-order valence-electron chi connectivity index (χ3n) is 3.14. The van der Waals surface area contributed by atoms with Crippen LogP contribution in [0.5, 0.6) is 0 Å². The molecule has 0 radical (unpaired) electrons. The zero-order chi connectivity index (χ0) is 14.7. The second-order valence-electron chi connectivity index (χ2n) is 4.95. The number of aromatic nitrogens is 1. The number of nitriles is 1. The number of rotatable bonds is 5. The Labute approximate surface area is 122 Å². The number of aliphatic carboxylic acids is 1. The summed E-state index contributed by atoms with van der Waals surface area (Å²) in [7, 11) is 0. The minimum Gasteiger partial charge on any atom is -0.480 e. The van der Waals surface area contributed by atoms with Crippen molar-refractivity contribution >= 4 is 23.2 Å². The lowest BCUT2D eigenvalue weighted by molar-refractivity contribution is -0.137. The van der Waals surface area contributed by atoms with Crippen LogP contribution in [0.4, 0.5) is 0 Å². The average molecular weight is 288 g/mol. The van der Waals surface area contributed by atoms with Gasteiger partial charge in [-0.05, 0) is 23.6 Å². The van der Waals surface area contributed by atoms with E-state index in [0.717, 1.165) is 11.1 Å². The maximum atomic E-state index is 11.2. The van der Waals surface area contributed by atoms with Crippen molar-refractivity contribution in [3.8, 4) is 6.07 Å². The van der Waals surface area contributed by atoms with Crippen LogP contribution in [-0.2, 0) is 10.5 Å². The Morgan fingerprint density at radius 1 is 1.50 bits per heavy atom. The lowest BCUT2D eigenvalue weighted by Crippen LogP contribution is -2.22. The Bertz CT molecular complexity index is 670. The summed E-state index contributed by atoms with van der Waals surface area (Å²) in [6.45, 7) is 3.79. The smallest absolute Gasteiger partial charge is 0.316 e. The van der Waals surface area contributed by atoms with Gasteiger partial charge >= 0.3 is 5.97 Å². The molecule has 2 aromatic rings. The van der Waals surface area contributed by atoms with E-state index in [-0.39, 0.29) is 5.92 Å². The summed E-state index contributed by atoms with van der Waals surface area (Å²) < 4.78 is 1.90. The molecule has 2 aromatic heterocycles. The van der Waals surface area contributed by atoms with Gasteiger partial charge in [0, 0.05) is 18.1 Å². The number of thioether (sulfide) groups is 1. The fourth-order valence-corrected chi connectivity index (χ4v) is 3.25. The van der Waals surface area contributed by atoms with Crippen LogP contribution in [0, 0.1) is 17.2 Å². The highest BCUT2D eigenvalue weighted by molar-refractivity contribution is 7.99. The van der Waals surface area contributed by atoms with Gasteiger partial charge in [-0.25, -0.2) is 0 Å². The summed E-state index contributed by atoms with van der Waals surface area (Å²) in [6, 6.07) is 7.90. The van der Waals surface area contributed by atoms with Crippen molar-refractivity contribution in [1.82, 2.24) is 4.40 Å². The number of carboxylic acid groups (broad SMARTS) is 1. The topological polar surface area (TPSA) is 65.5 Å². The molecular weight excluding hydrogens is 272 g/mol. The molecular formula is C15H16N2O2S. The largest absolute Gasteiger partial charge is 0.480 e. The molecule has 4 nitrogen and oxygen atoms in total. The molecule has 104 valence electrons. The molecule has 1 N–H and O–H groups in total. The van der Waals surface area contributed by atoms with Crippen molar-refractivity contribution in [1.29, 1.82) is 5.26 Å². The quantitative estimate of drug-likeness (QED) is 0.917. The predicted molar refractivity (Wildman–Crippen MR) is 79.7 cm³/mol. The van der Waals surface area contributed by atoms with Gasteiger partial charge < -0.3 is 9.51 Å². The zero-order valence-electron chi connectivity index (χ0n) is 11.4. The van der Waals surface area contributed by atoms with E-state index >= 15 is 0 Å². The molecule has 0 bridgehead atoms. The molecule has 2 heterocycles. The highest BCUT2D eigenvalue weighted by atomic mass is 32.2. The number of fused-ring (bicyclic) bond motifs is 1. The number of pyridine rings is 1. The Kier molecular flexibility index (Phi) is 4.35. The van der Waals surface area contributed by atoms with Gasteiger partial charge in [0.25, 0.3) is 0 Å². The average Bonchev–Trinajstić information content (AvgIpc) is 2.75. The third-order valence-corrected chi connectivity index (χ3v) is 4.72. The second-order valence-corrected chi connectivity index (χ2v) is 6.08. The van der Waals surface area contributed by atoms with Gasteiger partial charge in [-0.1, -0.05) is 19.9 Å². The number of nitrogens with zero attached hydrogens (tertiary/aromatic N) is 2. The van der Waals surface area contributed by atoms with Crippen LogP contribution in [-0.4, -0.2) is 20.7 Å². The van der Waals surface area contributed by atoms with Crippen LogP contribution >= 0.6 is 11.8 Å². The molecule has 1 atom stereocenters. The molecule has 0 spiro atoms. The van der Waals surface area contributed by atoms with Crippen molar-refractivity contribution in [2.24, 2.45) is 5.92 Å². The Morgan fingerprint density at radius 3 is 2.85 bits per heavy atom. The molecule has 0 aromatic carbocycles. The first-order valence-electron chi connectivity index (χ1n) is 6.37. The molecule has 0 saturated heterocycles. The zero-order valence-corrected chi connectivity index (χ0v) is 12.2. The van der Waals surface area contributed by atoms with Crippen LogP contribution < -0.4 is 0 Å². The fourth-order valence-electron chi connectivity index (χ4n) is 2.14. The highest BCUT2D eigenvalue weighted by Crippen LogP contribution is 2.27. The molecule has 0 saturated carbocycles. The lowest BCUT2D eigenvalue weighted by atomic mass is 10.1. The third kappa shape index (κ3) is 2.81. The van der Waals surface area contributed by atoms with Gasteiger partial charge in [0.2, 0.25) is 0 Å². The van der Waals surface area contributed by atoms with Gasteiger partial charge in [0.1, 0.15) is 11.3 Å². The van der Waals surface area contributed by atoms with Gasteiger partial charge in [-0.15, -0.1) is 11.8 Å². The van der Waals surface area contributed by atoms with E-state index < -0.39 is 11.2 Å². The van der Waals surface area contributed by atoms with Gasteiger partial charge in [0.15, 0.2) is 0 Å². The summed E-state index contributed by atoms with van der Waals surface area (Å²) in [5.41, 5.74) is 2.38. The maximum absolute atomic E-state index is 11.2. The fraction of sp³-hybridized carbons (Fsp3) is 0.333. The van der Waals surface area contributed by atoms with Crippen LogP contribution in [0.1, 0.15) is 25.0 Å². The molecule has 0 aliphatic rings. The standard InChI is InChI=1S/C15H16N2O2S/c1-10(2)14(15(18)19)20-9-11-8-17-6-4-3-5-13(17)12(11)7-16/h3-6,8,10,14H,9H2,1-2H3,(H,18,19). The molecule has 0 aliphatic heterocycles. The van der Waals surface area contributed by atoms with E-state index in [4.69, 9.17) is 0 Å². The molecule has 0 aliphatic carbocycles. The van der Waals surface area contributed by atoms with Crippen molar-refractivity contribution in [3.63, 3.8) is 0 Å². The Morgan fingerprint density at radius 2 is 2.25 bits per heavy atom. The first-order chi connectivity index (χ1) is 9.54. The Balaban J connectivity index is 2.26. The van der Waals surface area contributed by atoms with Gasteiger partial charge in [0.05, 0.1) is 11.1 Å². The minimum absolute atomic E-state index is 0.0556. The first kappa shape index (κ1) is 14.5. The second kappa shape index (κ2) is 6.02. The van der Waals surface area contributed by atoms with Gasteiger partial charge in [-0.2, -0.15) is 5.26 Å². The monoisotopic (exact) mass is 288 g/mol. The van der Waals surface area contributed by atoms with E-state index in [1.165, 1.54) is 11.8 Å². The summed E-state index contributed by atoms with van der Waals surface area (Å²) in [6.07, 6.45) is 3.79. The van der Waals surface area contributed by atoms with Crippen LogP contribution in [0.25, 0.3) is 5.52 Å². The Hall–Kier alpha value is -1.93. The normalized spacial score (nSPS) is 12.5. The van der Waals surface area contributed by atoms with E-state index in [1.807, 2.05) is 48.8 Å². The summed E-state index contributed by atoms with van der Waals surface area (Å²) >= 11 is 1.37. The molecule has 20 heavy (non-hydrogen) atoms. The minimum atomic E-state index is -0.799. The van der Waals surface area contributed by atoms with Crippen molar-refractivity contribution in [2.75, 3.05) is 0 Å². The molecule has 5 heteroatoms. The number of carboxylic acids is 1. The van der Waals surface area contributed by atoms with Crippen molar-refractivity contribution < 1.29 is 9.90 Å². The van der Waals surface area contributed by atoms with E-state index in [0.29, 0.717) is 11.3 Å². The molecule has 0 amide bonds. The van der Waals surface area contributed by atoms with Crippen LogP contribution in [0.15, 0.2) is 30.6 Å². The molecule has 2 rings (SSSR count). The molecule has 1 unspecified atom stereocenters. The van der Waals surface area contributed by atoms with Crippen molar-refractivity contribution in [3.05, 3.63) is 41.7 Å². The number of carbonyl (C=O) groups is 1. The highest BCUT2D eigenvalue weighted by Gasteiger charge is 2.22. The van der Waals surface area contributed by atoms with Crippen molar-refractivity contribution in [2.45, 2.75) is 24.9 Å². The maximum Gasteiger partial charge on any atom is 0.316 e. The number of hydrogen-bond donors (Lipinski definition) is 1. The SMILES string of the molecule is CC(C)C(SCc1cn2ccccc2c1C#N)C(=O)O. The lowest BCUT2D eigenvalue weighted by Gasteiger charge is -2.15. The summed E-state index contributed by atoms with van der Waals surface area (Å²) in [4.78, 5) is 11.2. The van der Waals surface area contributed by atoms with Crippen LogP contribution in [0.2, 0.25) is 0 Å². The number of hydrogen-bond acceptors (Lipinski definition) is 3. The van der Waals surface area contributed by atoms with Gasteiger partial charge in [-0.3, -0.25) is 4.79 Å². The predicted octanol–water partition coefficient (Wildman–Crippen LogP) is 3.15. The first-order valence-corrected chi connectivity index (χ1v) is 7.42. The van der Waals surface area contributed by atoms with E-state index in [2.05, 4.69) is 6.07 Å². The summed E-state index contributed by atoms with van der Waals surface area (Å²) in [5, 5.41) is 18.0.